The highest BCUT2D eigenvalue weighted by molar-refractivity contribution is 6.07. The molecule has 20 heavy (non-hydrogen) atoms. The van der Waals surface area contributed by atoms with E-state index in [4.69, 9.17) is 0 Å². The zero-order valence-corrected chi connectivity index (χ0v) is 11.5. The van der Waals surface area contributed by atoms with E-state index in [0.717, 1.165) is 31.5 Å². The summed E-state index contributed by atoms with van der Waals surface area (Å²) in [5.41, 5.74) is 0.178. The first-order valence-corrected chi connectivity index (χ1v) is 7.19. The Bertz CT molecular complexity index is 505. The van der Waals surface area contributed by atoms with Crippen molar-refractivity contribution in [3.05, 3.63) is 30.1 Å². The van der Waals surface area contributed by atoms with Crippen molar-refractivity contribution in [1.29, 1.82) is 0 Å². The second-order valence-electron chi connectivity index (χ2n) is 5.63. The Kier molecular flexibility index (Phi) is 3.42. The molecular weight excluding hydrogens is 254 g/mol. The lowest BCUT2D eigenvalue weighted by atomic mass is 10.0. The summed E-state index contributed by atoms with van der Waals surface area (Å²) in [6.45, 7) is 2.04. The third-order valence-corrected chi connectivity index (χ3v) is 4.16. The normalized spacial score (nSPS) is 19.7. The smallest absolute Gasteiger partial charge is 0.238 e. The van der Waals surface area contributed by atoms with Crippen LogP contribution in [0, 0.1) is 5.41 Å². The predicted octanol–water partition coefficient (Wildman–Crippen LogP) is 1.10. The van der Waals surface area contributed by atoms with Crippen LogP contribution in [-0.4, -0.2) is 34.8 Å². The molecule has 1 saturated heterocycles. The maximum Gasteiger partial charge on any atom is 0.238 e. The third kappa shape index (κ3) is 2.40. The molecule has 1 aromatic rings. The van der Waals surface area contributed by atoms with E-state index < -0.39 is 5.41 Å². The third-order valence-electron chi connectivity index (χ3n) is 4.16. The van der Waals surface area contributed by atoms with Gasteiger partial charge in [-0.2, -0.15) is 0 Å². The van der Waals surface area contributed by atoms with Crippen LogP contribution in [0.2, 0.25) is 0 Å². The van der Waals surface area contributed by atoms with Gasteiger partial charge in [0.25, 0.3) is 0 Å². The molecule has 1 aromatic heterocycles. The van der Waals surface area contributed by atoms with Gasteiger partial charge in [0.1, 0.15) is 5.41 Å². The summed E-state index contributed by atoms with van der Waals surface area (Å²) < 4.78 is 0. The molecule has 5 heteroatoms. The minimum absolute atomic E-state index is 0.0266. The molecule has 3 rings (SSSR count). The van der Waals surface area contributed by atoms with Gasteiger partial charge >= 0.3 is 0 Å². The lowest BCUT2D eigenvalue weighted by molar-refractivity contribution is -0.143. The van der Waals surface area contributed by atoms with Crippen LogP contribution in [-0.2, 0) is 16.1 Å². The minimum atomic E-state index is -0.771. The number of hydrogen-bond donors (Lipinski definition) is 1. The minimum Gasteiger partial charge on any atom is -0.351 e. The van der Waals surface area contributed by atoms with E-state index in [1.165, 1.54) is 0 Å². The molecule has 1 N–H and O–H groups in total. The van der Waals surface area contributed by atoms with E-state index in [1.54, 1.807) is 12.4 Å². The van der Waals surface area contributed by atoms with Crippen LogP contribution in [0.15, 0.2) is 24.5 Å². The van der Waals surface area contributed by atoms with E-state index in [2.05, 4.69) is 10.3 Å². The molecule has 106 valence electrons. The number of likely N-dealkylation sites (tertiary alicyclic amines) is 1. The van der Waals surface area contributed by atoms with E-state index in [1.807, 2.05) is 17.0 Å². The van der Waals surface area contributed by atoms with Gasteiger partial charge in [0, 0.05) is 32.0 Å². The highest BCUT2D eigenvalue weighted by atomic mass is 16.2. The monoisotopic (exact) mass is 273 g/mol. The molecule has 0 radical (unpaired) electrons. The highest BCUT2D eigenvalue weighted by Crippen LogP contribution is 2.48. The number of pyridine rings is 1. The average molecular weight is 273 g/mol. The van der Waals surface area contributed by atoms with Gasteiger partial charge in [-0.15, -0.1) is 0 Å². The molecule has 0 spiro atoms. The summed E-state index contributed by atoms with van der Waals surface area (Å²) in [4.78, 5) is 30.6. The van der Waals surface area contributed by atoms with Gasteiger partial charge in [0.2, 0.25) is 11.8 Å². The topological polar surface area (TPSA) is 62.3 Å². The molecule has 5 nitrogen and oxygen atoms in total. The first-order valence-electron chi connectivity index (χ1n) is 7.19. The molecule has 0 unspecified atom stereocenters. The number of amides is 2. The van der Waals surface area contributed by atoms with Crippen molar-refractivity contribution in [2.75, 3.05) is 13.1 Å². The van der Waals surface area contributed by atoms with Gasteiger partial charge in [0.05, 0.1) is 0 Å². The summed E-state index contributed by atoms with van der Waals surface area (Å²) >= 11 is 0. The van der Waals surface area contributed by atoms with E-state index in [9.17, 15) is 9.59 Å². The second kappa shape index (κ2) is 5.23. The number of nitrogens with zero attached hydrogens (tertiary/aromatic N) is 2. The van der Waals surface area contributed by atoms with Crippen LogP contribution in [0.4, 0.5) is 0 Å². The van der Waals surface area contributed by atoms with Crippen LogP contribution in [0.5, 0.6) is 0 Å². The van der Waals surface area contributed by atoms with Gasteiger partial charge < -0.3 is 10.2 Å². The van der Waals surface area contributed by atoms with Gasteiger partial charge in [-0.05, 0) is 37.3 Å². The van der Waals surface area contributed by atoms with Gasteiger partial charge in [-0.1, -0.05) is 6.07 Å². The molecule has 2 heterocycles. The fourth-order valence-electron chi connectivity index (χ4n) is 2.74. The van der Waals surface area contributed by atoms with Gasteiger partial charge in [-0.25, -0.2) is 0 Å². The Morgan fingerprint density at radius 3 is 2.65 bits per heavy atom. The van der Waals surface area contributed by atoms with Crippen molar-refractivity contribution < 1.29 is 9.59 Å². The summed E-state index contributed by atoms with van der Waals surface area (Å²) in [6, 6.07) is 3.75. The molecule has 2 aliphatic rings. The molecule has 0 atom stereocenters. The number of carbonyl (C=O) groups is 2. The Morgan fingerprint density at radius 1 is 1.30 bits per heavy atom. The first-order chi connectivity index (χ1) is 9.72. The molecule has 0 bridgehead atoms. The number of aromatic nitrogens is 1. The van der Waals surface area contributed by atoms with Crippen molar-refractivity contribution in [2.24, 2.45) is 5.41 Å². The quantitative estimate of drug-likeness (QED) is 0.836. The van der Waals surface area contributed by atoms with Crippen LogP contribution in [0.3, 0.4) is 0 Å². The second-order valence-corrected chi connectivity index (χ2v) is 5.63. The van der Waals surface area contributed by atoms with Gasteiger partial charge in [0.15, 0.2) is 0 Å². The molecule has 1 aliphatic carbocycles. The Labute approximate surface area is 118 Å². The van der Waals surface area contributed by atoms with E-state index >= 15 is 0 Å². The molecule has 1 aliphatic heterocycles. The van der Waals surface area contributed by atoms with Crippen molar-refractivity contribution in [1.82, 2.24) is 15.2 Å². The Morgan fingerprint density at radius 2 is 2.05 bits per heavy atom. The fourth-order valence-corrected chi connectivity index (χ4v) is 2.74. The summed E-state index contributed by atoms with van der Waals surface area (Å²) in [5, 5.41) is 2.88. The van der Waals surface area contributed by atoms with Crippen LogP contribution in [0.25, 0.3) is 0 Å². The highest BCUT2D eigenvalue weighted by Gasteiger charge is 2.58. The summed E-state index contributed by atoms with van der Waals surface area (Å²) in [5.74, 6) is -0.100. The maximum absolute atomic E-state index is 12.4. The molecule has 2 amide bonds. The number of carbonyl (C=O) groups excluding carboxylic acids is 2. The molecule has 1 saturated carbocycles. The molecule has 2 fully saturated rings. The molecule has 0 aromatic carbocycles. The lowest BCUT2D eigenvalue weighted by Gasteiger charge is -2.22. The Balaban J connectivity index is 1.60. The lowest BCUT2D eigenvalue weighted by Crippen LogP contribution is -2.44. The standard InChI is InChI=1S/C15H19N3O2/c19-13(17-11-12-4-3-7-16-10-12)15(5-6-15)14(20)18-8-1-2-9-18/h3-4,7,10H,1-2,5-6,8-9,11H2,(H,17,19). The number of nitrogens with one attached hydrogen (secondary N) is 1. The SMILES string of the molecule is O=C(NCc1cccnc1)C1(C(=O)N2CCCC2)CC1. The van der Waals surface area contributed by atoms with Crippen LogP contribution < -0.4 is 5.32 Å². The molecular formula is C15H19N3O2. The average Bonchev–Trinajstić information content (AvgIpc) is 3.12. The van der Waals surface area contributed by atoms with Crippen molar-refractivity contribution in [3.63, 3.8) is 0 Å². The van der Waals surface area contributed by atoms with E-state index in [0.29, 0.717) is 19.4 Å². The number of hydrogen-bond acceptors (Lipinski definition) is 3. The van der Waals surface area contributed by atoms with Crippen molar-refractivity contribution in [2.45, 2.75) is 32.2 Å². The summed E-state index contributed by atoms with van der Waals surface area (Å²) in [6.07, 6.45) is 6.90. The first kappa shape index (κ1) is 13.1. The number of rotatable bonds is 4. The van der Waals surface area contributed by atoms with Crippen molar-refractivity contribution in [3.8, 4) is 0 Å². The maximum atomic E-state index is 12.4. The van der Waals surface area contributed by atoms with Crippen molar-refractivity contribution >= 4 is 11.8 Å². The van der Waals surface area contributed by atoms with Crippen LogP contribution in [0.1, 0.15) is 31.2 Å². The summed E-state index contributed by atoms with van der Waals surface area (Å²) in [7, 11) is 0. The zero-order chi connectivity index (χ0) is 14.0. The van der Waals surface area contributed by atoms with E-state index in [-0.39, 0.29) is 11.8 Å². The zero-order valence-electron chi connectivity index (χ0n) is 11.5. The van der Waals surface area contributed by atoms with Gasteiger partial charge in [-0.3, -0.25) is 14.6 Å². The fraction of sp³-hybridized carbons (Fsp3) is 0.533. The Hall–Kier alpha value is -1.91. The largest absolute Gasteiger partial charge is 0.351 e. The predicted molar refractivity (Wildman–Crippen MR) is 73.6 cm³/mol. The van der Waals surface area contributed by atoms with Crippen LogP contribution >= 0.6 is 0 Å².